The number of hydrogen-bond acceptors (Lipinski definition) is 7. The highest BCUT2D eigenvalue weighted by Crippen LogP contribution is 2.35. The second-order valence-electron chi connectivity index (χ2n) is 7.86. The van der Waals surface area contributed by atoms with E-state index >= 15 is 0 Å². The van der Waals surface area contributed by atoms with Crippen LogP contribution in [-0.2, 0) is 6.54 Å². The van der Waals surface area contributed by atoms with Crippen molar-refractivity contribution in [1.29, 1.82) is 0 Å². The van der Waals surface area contributed by atoms with Crippen molar-refractivity contribution < 1.29 is 4.79 Å². The van der Waals surface area contributed by atoms with Gasteiger partial charge < -0.3 is 10.6 Å². The van der Waals surface area contributed by atoms with Crippen LogP contribution in [0.15, 0.2) is 15.9 Å². The normalized spacial score (nSPS) is 25.5. The minimum atomic E-state index is -0.0975. The Hall–Kier alpha value is -1.45. The number of thioether (sulfide) groups is 1. The Morgan fingerprint density at radius 2 is 2.21 bits per heavy atom. The second-order valence-corrected chi connectivity index (χ2v) is 10.3. The number of thiazole rings is 1. The molecule has 4 rings (SSSR count). The first-order valence-electron chi connectivity index (χ1n) is 10.2. The number of aromatic nitrogens is 4. The van der Waals surface area contributed by atoms with Gasteiger partial charge in [-0.25, -0.2) is 4.98 Å². The van der Waals surface area contributed by atoms with Crippen LogP contribution in [0.4, 0.5) is 0 Å². The van der Waals surface area contributed by atoms with E-state index in [0.29, 0.717) is 16.9 Å². The molecule has 2 aliphatic rings. The van der Waals surface area contributed by atoms with Crippen LogP contribution in [0.25, 0.3) is 0 Å². The Kier molecular flexibility index (Phi) is 6.64. The van der Waals surface area contributed by atoms with Crippen LogP contribution in [0.5, 0.6) is 0 Å². The molecule has 1 saturated heterocycles. The second kappa shape index (κ2) is 9.37. The number of piperidine rings is 1. The summed E-state index contributed by atoms with van der Waals surface area (Å²) in [5.41, 5.74) is 1.53. The zero-order valence-electron chi connectivity index (χ0n) is 16.3. The molecule has 9 heteroatoms. The lowest BCUT2D eigenvalue weighted by atomic mass is 9.95. The Morgan fingerprint density at radius 1 is 1.36 bits per heavy atom. The van der Waals surface area contributed by atoms with Gasteiger partial charge >= 0.3 is 0 Å². The zero-order chi connectivity index (χ0) is 19.3. The molecule has 2 N–H and O–H groups in total. The maximum absolute atomic E-state index is 12.5. The molecule has 152 valence electrons. The van der Waals surface area contributed by atoms with E-state index in [4.69, 9.17) is 0 Å². The summed E-state index contributed by atoms with van der Waals surface area (Å²) in [6.45, 7) is 4.98. The van der Waals surface area contributed by atoms with E-state index < -0.39 is 0 Å². The van der Waals surface area contributed by atoms with Crippen molar-refractivity contribution in [3.63, 3.8) is 0 Å². The summed E-state index contributed by atoms with van der Waals surface area (Å²) < 4.78 is 2.98. The molecule has 7 nitrogen and oxygen atoms in total. The average molecular weight is 421 g/mol. The van der Waals surface area contributed by atoms with Gasteiger partial charge in [0, 0.05) is 28.9 Å². The van der Waals surface area contributed by atoms with E-state index in [1.165, 1.54) is 12.8 Å². The van der Waals surface area contributed by atoms with Crippen molar-refractivity contribution in [3.05, 3.63) is 23.0 Å². The zero-order valence-corrected chi connectivity index (χ0v) is 17.9. The fourth-order valence-electron chi connectivity index (χ4n) is 3.95. The number of rotatable bonds is 6. The molecule has 2 aromatic heterocycles. The lowest BCUT2D eigenvalue weighted by Gasteiger charge is -2.27. The molecule has 0 radical (unpaired) electrons. The molecule has 2 aromatic rings. The van der Waals surface area contributed by atoms with Crippen LogP contribution in [0.3, 0.4) is 0 Å². The first kappa shape index (κ1) is 19.8. The highest BCUT2D eigenvalue weighted by molar-refractivity contribution is 8.01. The van der Waals surface area contributed by atoms with Gasteiger partial charge in [-0.3, -0.25) is 9.48 Å². The van der Waals surface area contributed by atoms with Gasteiger partial charge in [0.15, 0.2) is 5.69 Å². The lowest BCUT2D eigenvalue weighted by molar-refractivity contribution is 0.0923. The number of amides is 1. The minimum absolute atomic E-state index is 0.0975. The van der Waals surface area contributed by atoms with Gasteiger partial charge in [0.05, 0.1) is 6.20 Å². The third-order valence-electron chi connectivity index (χ3n) is 5.49. The number of aryl methyl sites for hydroxylation is 1. The number of nitrogens with zero attached hydrogens (tertiary/aromatic N) is 4. The monoisotopic (exact) mass is 420 g/mol. The number of hydrogen-bond donors (Lipinski definition) is 2. The summed E-state index contributed by atoms with van der Waals surface area (Å²) in [5.74, 6) is 0.473. The van der Waals surface area contributed by atoms with E-state index in [-0.39, 0.29) is 11.9 Å². The Labute approximate surface area is 174 Å². The molecule has 3 heterocycles. The molecule has 0 spiro atoms. The van der Waals surface area contributed by atoms with Crippen LogP contribution in [-0.4, -0.2) is 50.3 Å². The predicted octanol–water partition coefficient (Wildman–Crippen LogP) is 2.88. The van der Waals surface area contributed by atoms with Gasteiger partial charge in [-0.05, 0) is 64.5 Å². The molecule has 28 heavy (non-hydrogen) atoms. The standard InChI is InChI=1S/C19H28N6OS2/c1-13-12-27-19(21-13)28-16-6-4-15(5-7-16)22-18(26)17-11-25(24-23-17)10-14-3-2-8-20-9-14/h11-12,14-16,20H,2-10H2,1H3,(H,22,26). The summed E-state index contributed by atoms with van der Waals surface area (Å²) in [6.07, 6.45) is 8.43. The Bertz CT molecular complexity index is 777. The highest BCUT2D eigenvalue weighted by atomic mass is 32.2. The van der Waals surface area contributed by atoms with Crippen LogP contribution in [0.2, 0.25) is 0 Å². The Balaban J connectivity index is 1.22. The van der Waals surface area contributed by atoms with Crippen molar-refractivity contribution in [1.82, 2.24) is 30.6 Å². The summed E-state index contributed by atoms with van der Waals surface area (Å²) in [4.78, 5) is 17.1. The molecule has 1 saturated carbocycles. The quantitative estimate of drug-likeness (QED) is 0.748. The smallest absolute Gasteiger partial charge is 0.273 e. The summed E-state index contributed by atoms with van der Waals surface area (Å²) in [7, 11) is 0. The first-order chi connectivity index (χ1) is 13.7. The van der Waals surface area contributed by atoms with Gasteiger partial charge in [0.2, 0.25) is 0 Å². The Morgan fingerprint density at radius 3 is 2.93 bits per heavy atom. The van der Waals surface area contributed by atoms with Gasteiger partial charge in [-0.15, -0.1) is 16.4 Å². The van der Waals surface area contributed by atoms with Crippen molar-refractivity contribution >= 4 is 29.0 Å². The molecular formula is C19H28N6OS2. The number of nitrogens with one attached hydrogen (secondary N) is 2. The van der Waals surface area contributed by atoms with Gasteiger partial charge in [-0.1, -0.05) is 17.0 Å². The maximum Gasteiger partial charge on any atom is 0.273 e. The molecule has 1 unspecified atom stereocenters. The van der Waals surface area contributed by atoms with E-state index in [0.717, 1.165) is 55.4 Å². The third kappa shape index (κ3) is 5.33. The average Bonchev–Trinajstić information content (AvgIpc) is 3.33. The highest BCUT2D eigenvalue weighted by Gasteiger charge is 2.25. The van der Waals surface area contributed by atoms with E-state index in [1.54, 1.807) is 17.5 Å². The van der Waals surface area contributed by atoms with Crippen molar-refractivity contribution in [2.24, 2.45) is 5.92 Å². The molecule has 0 bridgehead atoms. The van der Waals surface area contributed by atoms with Crippen LogP contribution in [0, 0.1) is 12.8 Å². The molecule has 1 aliphatic heterocycles. The minimum Gasteiger partial charge on any atom is -0.348 e. The summed E-state index contributed by atoms with van der Waals surface area (Å²) >= 11 is 3.61. The van der Waals surface area contributed by atoms with Gasteiger partial charge in [-0.2, -0.15) is 0 Å². The fourth-order valence-corrected chi connectivity index (χ4v) is 6.23. The summed E-state index contributed by atoms with van der Waals surface area (Å²) in [6, 6.07) is 0.232. The molecule has 2 fully saturated rings. The van der Waals surface area contributed by atoms with Crippen LogP contribution >= 0.6 is 23.1 Å². The van der Waals surface area contributed by atoms with Gasteiger partial charge in [0.25, 0.3) is 5.91 Å². The van der Waals surface area contributed by atoms with Crippen molar-refractivity contribution in [2.75, 3.05) is 13.1 Å². The first-order valence-corrected chi connectivity index (χ1v) is 11.9. The third-order valence-corrected chi connectivity index (χ3v) is 7.92. The van der Waals surface area contributed by atoms with E-state index in [2.05, 4.69) is 31.3 Å². The van der Waals surface area contributed by atoms with Crippen LogP contribution in [0.1, 0.15) is 54.7 Å². The van der Waals surface area contributed by atoms with E-state index in [9.17, 15) is 4.79 Å². The largest absolute Gasteiger partial charge is 0.348 e. The number of carbonyl (C=O) groups is 1. The van der Waals surface area contributed by atoms with E-state index in [1.807, 2.05) is 23.4 Å². The molecule has 1 atom stereocenters. The van der Waals surface area contributed by atoms with Gasteiger partial charge in [0.1, 0.15) is 4.34 Å². The number of carbonyl (C=O) groups excluding carboxylic acids is 1. The predicted molar refractivity (Wildman–Crippen MR) is 112 cm³/mol. The lowest BCUT2D eigenvalue weighted by Crippen LogP contribution is -2.38. The van der Waals surface area contributed by atoms with Crippen molar-refractivity contribution in [2.45, 2.75) is 67.6 Å². The van der Waals surface area contributed by atoms with Crippen LogP contribution < -0.4 is 10.6 Å². The maximum atomic E-state index is 12.5. The van der Waals surface area contributed by atoms with Crippen molar-refractivity contribution in [3.8, 4) is 0 Å². The topological polar surface area (TPSA) is 84.7 Å². The SMILES string of the molecule is Cc1csc(SC2CCC(NC(=O)c3cn(CC4CCCNC4)nn3)CC2)n1. The fraction of sp³-hybridized carbons (Fsp3) is 0.684. The molecule has 1 amide bonds. The summed E-state index contributed by atoms with van der Waals surface area (Å²) in [5, 5.41) is 17.5. The molecular weight excluding hydrogens is 392 g/mol. The molecule has 1 aliphatic carbocycles. The molecule has 0 aromatic carbocycles.